The molecule has 10 aromatic carbocycles. The molecule has 0 saturated carbocycles. The van der Waals surface area contributed by atoms with Crippen LogP contribution >= 0.6 is 0 Å². The Balaban J connectivity index is 1.04. The molecule has 0 radical (unpaired) electrons. The van der Waals surface area contributed by atoms with Crippen molar-refractivity contribution in [3.8, 4) is 22.3 Å². The molecular weight excluding hydrogens is 655 g/mol. The first-order chi connectivity index (χ1) is 26.7. The van der Waals surface area contributed by atoms with Crippen LogP contribution in [0.2, 0.25) is 0 Å². The average Bonchev–Trinajstić information content (AvgIpc) is 3.62. The molecule has 0 unspecified atom stereocenters. The van der Waals surface area contributed by atoms with Gasteiger partial charge in [-0.2, -0.15) is 0 Å². The monoisotopic (exact) mass is 687 g/mol. The van der Waals surface area contributed by atoms with Gasteiger partial charge in [-0.25, -0.2) is 0 Å². The number of furan rings is 1. The van der Waals surface area contributed by atoms with Crippen LogP contribution in [0.3, 0.4) is 0 Å². The van der Waals surface area contributed by atoms with E-state index >= 15 is 0 Å². The van der Waals surface area contributed by atoms with E-state index in [0.29, 0.717) is 0 Å². The lowest BCUT2D eigenvalue weighted by molar-refractivity contribution is 0.669. The van der Waals surface area contributed by atoms with Gasteiger partial charge in [0.1, 0.15) is 11.2 Å². The van der Waals surface area contributed by atoms with Gasteiger partial charge in [0.05, 0.1) is 0 Å². The van der Waals surface area contributed by atoms with E-state index in [4.69, 9.17) is 4.42 Å². The van der Waals surface area contributed by atoms with Crippen LogP contribution in [0.4, 0.5) is 17.1 Å². The summed E-state index contributed by atoms with van der Waals surface area (Å²) < 4.78 is 6.12. The minimum atomic E-state index is 0.909. The Bertz CT molecular complexity index is 3210. The fraction of sp³-hybridized carbons (Fsp3) is 0. The molecule has 0 aliphatic carbocycles. The van der Waals surface area contributed by atoms with Crippen molar-refractivity contribution in [2.45, 2.75) is 0 Å². The van der Waals surface area contributed by atoms with Gasteiger partial charge in [0.25, 0.3) is 0 Å². The van der Waals surface area contributed by atoms with Gasteiger partial charge in [0.15, 0.2) is 0 Å². The zero-order chi connectivity index (χ0) is 35.6. The van der Waals surface area contributed by atoms with E-state index in [1.165, 1.54) is 54.2 Å². The van der Waals surface area contributed by atoms with Crippen LogP contribution < -0.4 is 4.90 Å². The summed E-state index contributed by atoms with van der Waals surface area (Å²) in [6, 6.07) is 72.5. The van der Waals surface area contributed by atoms with Crippen molar-refractivity contribution < 1.29 is 4.42 Å². The molecule has 2 heteroatoms. The average molecular weight is 688 g/mol. The largest absolute Gasteiger partial charge is 0.456 e. The van der Waals surface area contributed by atoms with Gasteiger partial charge < -0.3 is 9.32 Å². The SMILES string of the molecule is c1ccc2c(c1)ccc1ccc(N(c3ccc(-c4ccc5oc6ccccc6c5c4)cc3)c3ccc(-c4cc5ccccc5c5ccccc45)cc3)cc12. The number of anilines is 3. The Morgan fingerprint density at radius 1 is 0.278 bits per heavy atom. The Morgan fingerprint density at radius 3 is 1.56 bits per heavy atom. The highest BCUT2D eigenvalue weighted by Crippen LogP contribution is 2.41. The standard InChI is InChI=1S/C52H33NO/c1-3-11-43-35(9-1)17-18-36-23-29-42(33-49(36)43)53(40-25-19-34(20-26-40)38-24-30-52-50(31-38)47-15-7-8-16-51(47)54-52)41-27-21-37(22-28-41)48-32-39-10-2-4-12-44(39)45-13-5-6-14-46(45)48/h1-33H. The van der Waals surface area contributed by atoms with E-state index in [2.05, 4.69) is 193 Å². The predicted molar refractivity (Wildman–Crippen MR) is 229 cm³/mol. The second kappa shape index (κ2) is 12.2. The summed E-state index contributed by atoms with van der Waals surface area (Å²) in [4.78, 5) is 2.38. The highest BCUT2D eigenvalue weighted by atomic mass is 16.3. The lowest BCUT2D eigenvalue weighted by Gasteiger charge is -2.26. The predicted octanol–water partition coefficient (Wildman–Crippen LogP) is 15.0. The van der Waals surface area contributed by atoms with Crippen molar-refractivity contribution in [1.82, 2.24) is 0 Å². The molecule has 2 nitrogen and oxygen atoms in total. The zero-order valence-electron chi connectivity index (χ0n) is 29.4. The van der Waals surface area contributed by atoms with Crippen molar-refractivity contribution in [3.63, 3.8) is 0 Å². The van der Waals surface area contributed by atoms with Crippen molar-refractivity contribution in [2.75, 3.05) is 4.90 Å². The van der Waals surface area contributed by atoms with Gasteiger partial charge in [0, 0.05) is 27.8 Å². The number of rotatable bonds is 5. The topological polar surface area (TPSA) is 16.4 Å². The van der Waals surface area contributed by atoms with Crippen molar-refractivity contribution in [1.29, 1.82) is 0 Å². The van der Waals surface area contributed by atoms with Crippen molar-refractivity contribution >= 4 is 82.1 Å². The number of para-hydroxylation sites is 1. The van der Waals surface area contributed by atoms with Gasteiger partial charge in [0.2, 0.25) is 0 Å². The number of nitrogens with zero attached hydrogens (tertiary/aromatic N) is 1. The smallest absolute Gasteiger partial charge is 0.135 e. The molecule has 11 rings (SSSR count). The van der Waals surface area contributed by atoms with Gasteiger partial charge in [-0.1, -0.05) is 140 Å². The summed E-state index contributed by atoms with van der Waals surface area (Å²) in [7, 11) is 0. The molecule has 252 valence electrons. The number of hydrogen-bond acceptors (Lipinski definition) is 2. The van der Waals surface area contributed by atoms with Crippen LogP contribution in [0.5, 0.6) is 0 Å². The maximum Gasteiger partial charge on any atom is 0.135 e. The second-order valence-corrected chi connectivity index (χ2v) is 14.1. The van der Waals surface area contributed by atoms with Crippen LogP contribution in [0.15, 0.2) is 205 Å². The highest BCUT2D eigenvalue weighted by Gasteiger charge is 2.16. The first-order valence-electron chi connectivity index (χ1n) is 18.5. The first kappa shape index (κ1) is 30.5. The van der Waals surface area contributed by atoms with E-state index in [-0.39, 0.29) is 0 Å². The van der Waals surface area contributed by atoms with E-state index < -0.39 is 0 Å². The molecule has 0 aliphatic rings. The van der Waals surface area contributed by atoms with Crippen LogP contribution in [0.25, 0.3) is 87.3 Å². The minimum absolute atomic E-state index is 0.909. The summed E-state index contributed by atoms with van der Waals surface area (Å²) >= 11 is 0. The number of benzene rings is 10. The number of fused-ring (bicyclic) bond motifs is 9. The third-order valence-electron chi connectivity index (χ3n) is 11.0. The Morgan fingerprint density at radius 2 is 0.796 bits per heavy atom. The fourth-order valence-electron chi connectivity index (χ4n) is 8.37. The lowest BCUT2D eigenvalue weighted by Crippen LogP contribution is -2.10. The summed E-state index contributed by atoms with van der Waals surface area (Å²) in [5, 5.41) is 12.3. The van der Waals surface area contributed by atoms with Gasteiger partial charge in [-0.15, -0.1) is 0 Å². The molecule has 0 amide bonds. The molecule has 1 aromatic heterocycles. The first-order valence-corrected chi connectivity index (χ1v) is 18.5. The molecule has 0 N–H and O–H groups in total. The van der Waals surface area contributed by atoms with E-state index in [1.807, 2.05) is 12.1 Å². The summed E-state index contributed by atoms with van der Waals surface area (Å²) in [6.45, 7) is 0. The third-order valence-corrected chi connectivity index (χ3v) is 11.0. The second-order valence-electron chi connectivity index (χ2n) is 14.1. The lowest BCUT2D eigenvalue weighted by atomic mass is 9.93. The Hall–Kier alpha value is -7.16. The maximum absolute atomic E-state index is 6.12. The molecule has 0 atom stereocenters. The molecule has 0 aliphatic heterocycles. The third kappa shape index (κ3) is 4.96. The Labute approximate surface area is 312 Å². The van der Waals surface area contributed by atoms with Crippen molar-refractivity contribution in [2.24, 2.45) is 0 Å². The van der Waals surface area contributed by atoms with Crippen LogP contribution in [-0.4, -0.2) is 0 Å². The van der Waals surface area contributed by atoms with E-state index in [1.54, 1.807) is 0 Å². The number of hydrogen-bond donors (Lipinski definition) is 0. The maximum atomic E-state index is 6.12. The van der Waals surface area contributed by atoms with Crippen LogP contribution in [0, 0.1) is 0 Å². The molecule has 0 spiro atoms. The van der Waals surface area contributed by atoms with Gasteiger partial charge >= 0.3 is 0 Å². The minimum Gasteiger partial charge on any atom is -0.456 e. The zero-order valence-corrected chi connectivity index (χ0v) is 29.4. The highest BCUT2D eigenvalue weighted by molar-refractivity contribution is 6.14. The molecule has 0 bridgehead atoms. The summed E-state index contributed by atoms with van der Waals surface area (Å²) in [6.07, 6.45) is 0. The summed E-state index contributed by atoms with van der Waals surface area (Å²) in [5.74, 6) is 0. The fourth-order valence-corrected chi connectivity index (χ4v) is 8.37. The quantitative estimate of drug-likeness (QED) is 0.168. The molecule has 1 heterocycles. The van der Waals surface area contributed by atoms with E-state index in [9.17, 15) is 0 Å². The van der Waals surface area contributed by atoms with E-state index in [0.717, 1.165) is 50.1 Å². The molecule has 54 heavy (non-hydrogen) atoms. The normalized spacial score (nSPS) is 11.7. The summed E-state index contributed by atoms with van der Waals surface area (Å²) in [5.41, 5.74) is 9.89. The molecule has 0 fully saturated rings. The molecular formula is C52H33NO. The van der Waals surface area contributed by atoms with Gasteiger partial charge in [-0.3, -0.25) is 0 Å². The Kier molecular flexibility index (Phi) is 6.90. The molecule has 11 aromatic rings. The van der Waals surface area contributed by atoms with Crippen molar-refractivity contribution in [3.05, 3.63) is 200 Å². The van der Waals surface area contributed by atoms with Crippen LogP contribution in [-0.2, 0) is 0 Å². The molecule has 0 saturated heterocycles. The van der Waals surface area contributed by atoms with Crippen LogP contribution in [0.1, 0.15) is 0 Å². The van der Waals surface area contributed by atoms with Gasteiger partial charge in [-0.05, 0) is 126 Å².